The van der Waals surface area contributed by atoms with Crippen molar-refractivity contribution in [3.8, 4) is 0 Å². The molecule has 6 nitrogen and oxygen atoms in total. The molecule has 2 heterocycles. The second-order valence-corrected chi connectivity index (χ2v) is 9.23. The van der Waals surface area contributed by atoms with Crippen molar-refractivity contribution in [3.63, 3.8) is 0 Å². The van der Waals surface area contributed by atoms with Gasteiger partial charge < -0.3 is 15.5 Å². The fourth-order valence-corrected chi connectivity index (χ4v) is 5.27. The van der Waals surface area contributed by atoms with Gasteiger partial charge in [-0.3, -0.25) is 14.5 Å². The molecule has 1 saturated heterocycles. The third-order valence-corrected chi connectivity index (χ3v) is 6.94. The summed E-state index contributed by atoms with van der Waals surface area (Å²) >= 11 is 1.69. The van der Waals surface area contributed by atoms with Crippen molar-refractivity contribution in [2.24, 2.45) is 0 Å². The number of nitrogens with one attached hydrogen (secondary N) is 2. The predicted octanol–water partition coefficient (Wildman–Crippen LogP) is 3.43. The van der Waals surface area contributed by atoms with E-state index in [1.54, 1.807) is 11.3 Å². The summed E-state index contributed by atoms with van der Waals surface area (Å²) < 4.78 is 0. The number of hydrogen-bond acceptors (Lipinski definition) is 5. The molecule has 4 rings (SSSR count). The highest BCUT2D eigenvalue weighted by Crippen LogP contribution is 2.30. The highest BCUT2D eigenvalue weighted by atomic mass is 32.1. The highest BCUT2D eigenvalue weighted by molar-refractivity contribution is 7.10. The Hall–Kier alpha value is -3.16. The van der Waals surface area contributed by atoms with Crippen LogP contribution in [-0.4, -0.2) is 48.9 Å². The van der Waals surface area contributed by atoms with Crippen LogP contribution in [0.2, 0.25) is 0 Å². The Morgan fingerprint density at radius 3 is 2.18 bits per heavy atom. The van der Waals surface area contributed by atoms with E-state index in [-0.39, 0.29) is 12.1 Å². The molecule has 7 heteroatoms. The summed E-state index contributed by atoms with van der Waals surface area (Å²) in [5.74, 6) is -1.20. The number of nitrogens with zero attached hydrogens (tertiary/aromatic N) is 2. The van der Waals surface area contributed by atoms with Crippen LogP contribution in [0.15, 0.2) is 78.2 Å². The summed E-state index contributed by atoms with van der Waals surface area (Å²) in [5, 5.41) is 7.72. The number of carbonyl (C=O) groups excluding carboxylic acids is 2. The molecule has 0 saturated carbocycles. The number of thiophene rings is 1. The van der Waals surface area contributed by atoms with Crippen molar-refractivity contribution in [2.45, 2.75) is 25.6 Å². The molecular weight excluding hydrogens is 432 g/mol. The van der Waals surface area contributed by atoms with Crippen LogP contribution in [0.1, 0.15) is 23.4 Å². The molecule has 2 aromatic carbocycles. The molecule has 1 aromatic heterocycles. The van der Waals surface area contributed by atoms with E-state index in [0.29, 0.717) is 6.54 Å². The number of benzene rings is 2. The number of carbonyl (C=O) groups is 2. The molecule has 0 bridgehead atoms. The average molecular weight is 463 g/mol. The van der Waals surface area contributed by atoms with Gasteiger partial charge in [0, 0.05) is 49.3 Å². The standard InChI is InChI=1S/C26H30N4O2S/c1-20(28-26(32)25(31)27-19-21-9-4-2-5-10-21)24(23-13-8-18-33-23)30-16-14-29(15-17-30)22-11-6-3-7-12-22/h2-13,18,20,24H,14-17,19H2,1H3,(H,27,31)(H,28,32)/t20-,24-/m1/s1. The second-order valence-electron chi connectivity index (χ2n) is 8.25. The van der Waals surface area contributed by atoms with Gasteiger partial charge in [0.1, 0.15) is 0 Å². The van der Waals surface area contributed by atoms with Crippen LogP contribution >= 0.6 is 11.3 Å². The molecule has 1 aliphatic heterocycles. The van der Waals surface area contributed by atoms with Crippen LogP contribution in [0, 0.1) is 0 Å². The fraction of sp³-hybridized carbons (Fsp3) is 0.308. The molecule has 2 atom stereocenters. The topological polar surface area (TPSA) is 64.7 Å². The lowest BCUT2D eigenvalue weighted by Crippen LogP contribution is -2.53. The quantitative estimate of drug-likeness (QED) is 0.528. The van der Waals surface area contributed by atoms with Crippen LogP contribution in [0.3, 0.4) is 0 Å². The van der Waals surface area contributed by atoms with Gasteiger partial charge in [-0.15, -0.1) is 11.3 Å². The Labute approximate surface area is 199 Å². The Morgan fingerprint density at radius 1 is 0.879 bits per heavy atom. The smallest absolute Gasteiger partial charge is 0.309 e. The molecule has 3 aromatic rings. The summed E-state index contributed by atoms with van der Waals surface area (Å²) in [6.07, 6.45) is 0. The zero-order valence-electron chi connectivity index (χ0n) is 18.8. The Morgan fingerprint density at radius 2 is 1.55 bits per heavy atom. The summed E-state index contributed by atoms with van der Waals surface area (Å²) in [7, 11) is 0. The van der Waals surface area contributed by atoms with Crippen LogP contribution in [0.4, 0.5) is 5.69 Å². The van der Waals surface area contributed by atoms with E-state index in [1.807, 2.05) is 49.4 Å². The number of piperazine rings is 1. The van der Waals surface area contributed by atoms with Gasteiger partial charge in [-0.25, -0.2) is 0 Å². The van der Waals surface area contributed by atoms with Crippen molar-refractivity contribution in [1.29, 1.82) is 0 Å². The molecule has 1 aliphatic rings. The van der Waals surface area contributed by atoms with Gasteiger partial charge >= 0.3 is 11.8 Å². The molecular formula is C26H30N4O2S. The third kappa shape index (κ3) is 6.00. The normalized spacial score (nSPS) is 16.1. The lowest BCUT2D eigenvalue weighted by atomic mass is 10.0. The lowest BCUT2D eigenvalue weighted by molar-refractivity contribution is -0.140. The van der Waals surface area contributed by atoms with E-state index in [1.165, 1.54) is 10.6 Å². The monoisotopic (exact) mass is 462 g/mol. The summed E-state index contributed by atoms with van der Waals surface area (Å²) in [6, 6.07) is 24.0. The van der Waals surface area contributed by atoms with Gasteiger partial charge in [0.15, 0.2) is 0 Å². The lowest BCUT2D eigenvalue weighted by Gasteiger charge is -2.42. The maximum absolute atomic E-state index is 12.6. The molecule has 2 N–H and O–H groups in total. The van der Waals surface area contributed by atoms with Crippen LogP contribution in [0.5, 0.6) is 0 Å². The first kappa shape index (κ1) is 23.0. The van der Waals surface area contributed by atoms with E-state index >= 15 is 0 Å². The minimum atomic E-state index is -0.607. The minimum Gasteiger partial charge on any atom is -0.369 e. The van der Waals surface area contributed by atoms with Crippen molar-refractivity contribution in [2.75, 3.05) is 31.1 Å². The Bertz CT molecular complexity index is 1020. The molecule has 33 heavy (non-hydrogen) atoms. The van der Waals surface area contributed by atoms with Crippen molar-refractivity contribution >= 4 is 28.8 Å². The molecule has 0 spiro atoms. The maximum atomic E-state index is 12.6. The van der Waals surface area contributed by atoms with Gasteiger partial charge in [0.25, 0.3) is 0 Å². The molecule has 0 aliphatic carbocycles. The van der Waals surface area contributed by atoms with Gasteiger partial charge in [-0.05, 0) is 36.1 Å². The van der Waals surface area contributed by atoms with E-state index in [4.69, 9.17) is 0 Å². The first-order chi connectivity index (χ1) is 16.1. The first-order valence-corrected chi connectivity index (χ1v) is 12.2. The molecule has 0 radical (unpaired) electrons. The SMILES string of the molecule is C[C@@H](NC(=O)C(=O)NCc1ccccc1)[C@H](c1cccs1)N1CCN(c2ccccc2)CC1. The number of rotatable bonds is 7. The largest absolute Gasteiger partial charge is 0.369 e. The number of hydrogen-bond donors (Lipinski definition) is 2. The summed E-state index contributed by atoms with van der Waals surface area (Å²) in [6.45, 7) is 5.93. The number of amides is 2. The minimum absolute atomic E-state index is 0.0220. The van der Waals surface area contributed by atoms with Crippen molar-refractivity contribution < 1.29 is 9.59 Å². The van der Waals surface area contributed by atoms with E-state index in [9.17, 15) is 9.59 Å². The maximum Gasteiger partial charge on any atom is 0.309 e. The first-order valence-electron chi connectivity index (χ1n) is 11.3. The highest BCUT2D eigenvalue weighted by Gasteiger charge is 2.31. The molecule has 2 amide bonds. The van der Waals surface area contributed by atoms with E-state index < -0.39 is 11.8 Å². The van der Waals surface area contributed by atoms with Crippen LogP contribution in [-0.2, 0) is 16.1 Å². The van der Waals surface area contributed by atoms with E-state index in [2.05, 4.69) is 56.1 Å². The van der Waals surface area contributed by atoms with Gasteiger partial charge in [-0.2, -0.15) is 0 Å². The molecule has 0 unspecified atom stereocenters. The van der Waals surface area contributed by atoms with Crippen molar-refractivity contribution in [1.82, 2.24) is 15.5 Å². The fourth-order valence-electron chi connectivity index (χ4n) is 4.31. The Kier molecular flexibility index (Phi) is 7.75. The van der Waals surface area contributed by atoms with Crippen LogP contribution < -0.4 is 15.5 Å². The summed E-state index contributed by atoms with van der Waals surface area (Å²) in [4.78, 5) is 31.0. The molecule has 172 valence electrons. The van der Waals surface area contributed by atoms with Gasteiger partial charge in [0.2, 0.25) is 0 Å². The van der Waals surface area contributed by atoms with Crippen LogP contribution in [0.25, 0.3) is 0 Å². The predicted molar refractivity (Wildman–Crippen MR) is 133 cm³/mol. The van der Waals surface area contributed by atoms with E-state index in [0.717, 1.165) is 31.7 Å². The van der Waals surface area contributed by atoms with Crippen molar-refractivity contribution in [3.05, 3.63) is 88.6 Å². The van der Waals surface area contributed by atoms with Gasteiger partial charge in [-0.1, -0.05) is 54.6 Å². The van der Waals surface area contributed by atoms with Gasteiger partial charge in [0.05, 0.1) is 6.04 Å². The third-order valence-electron chi connectivity index (χ3n) is 6.00. The second kappa shape index (κ2) is 11.1. The zero-order chi connectivity index (χ0) is 23.0. The number of para-hydroxylation sites is 1. The number of anilines is 1. The summed E-state index contributed by atoms with van der Waals surface area (Å²) in [5.41, 5.74) is 2.20. The average Bonchev–Trinajstić information content (AvgIpc) is 3.38. The zero-order valence-corrected chi connectivity index (χ0v) is 19.6. The molecule has 1 fully saturated rings. The Balaban J connectivity index is 1.37.